The number of rotatable bonds is 5. The lowest BCUT2D eigenvalue weighted by atomic mass is 9.70. The minimum Gasteiger partial charge on any atom is -0.468 e. The summed E-state index contributed by atoms with van der Waals surface area (Å²) in [5, 5.41) is 2.15. The number of hydrogen-bond acceptors (Lipinski definition) is 6. The summed E-state index contributed by atoms with van der Waals surface area (Å²) in [5.74, 6) is 2.46. The highest BCUT2D eigenvalue weighted by Crippen LogP contribution is 2.46. The Morgan fingerprint density at radius 2 is 1.51 bits per heavy atom. The van der Waals surface area contributed by atoms with Crippen LogP contribution >= 0.6 is 38.6 Å². The van der Waals surface area contributed by atoms with Gasteiger partial charge in [-0.05, 0) is 76.7 Å². The van der Waals surface area contributed by atoms with Gasteiger partial charge in [-0.2, -0.15) is 0 Å². The van der Waals surface area contributed by atoms with Crippen LogP contribution in [-0.4, -0.2) is 26.2 Å². The average molecular weight is 580 g/mol. The normalized spacial score (nSPS) is 18.5. The van der Waals surface area contributed by atoms with Gasteiger partial charge in [0.25, 0.3) is 0 Å². The van der Waals surface area contributed by atoms with Crippen LogP contribution in [0.3, 0.4) is 0 Å². The van der Waals surface area contributed by atoms with Crippen LogP contribution in [0.2, 0.25) is 0 Å². The van der Waals surface area contributed by atoms with E-state index >= 15 is 0 Å². The molecule has 7 heteroatoms. The topological polar surface area (TPSA) is 52.6 Å². The number of halogens is 1. The molecule has 35 heavy (non-hydrogen) atoms. The molecule has 2 aromatic rings. The van der Waals surface area contributed by atoms with Gasteiger partial charge in [0, 0.05) is 4.88 Å². The van der Waals surface area contributed by atoms with Crippen LogP contribution in [0.25, 0.3) is 0 Å². The Balaban J connectivity index is 0.000000196. The average Bonchev–Trinajstić information content (AvgIpc) is 3.56. The standard InChI is InChI=1S/C14H15BrO2S.C14H20O2S/c1-3-10-9-11(12(15)18-10)14(13(16)17-2)7-5-4-6-8-14;1-3-12-9-11(10-17-12)14(13(15)16-2)7-5-4-6-8-14/h1,9H,4-8H2,2H3;9-10H,3-8H2,1-2H3. The number of carbonyl (C=O) groups excluding carboxylic acids is 2. The van der Waals surface area contributed by atoms with Crippen molar-refractivity contribution in [1.82, 2.24) is 0 Å². The molecule has 4 rings (SSSR count). The second kappa shape index (κ2) is 12.6. The minimum absolute atomic E-state index is 0.0438. The van der Waals surface area contributed by atoms with Crippen LogP contribution in [0.1, 0.15) is 92.0 Å². The van der Waals surface area contributed by atoms with E-state index in [1.165, 1.54) is 48.8 Å². The quantitative estimate of drug-likeness (QED) is 0.271. The summed E-state index contributed by atoms with van der Waals surface area (Å²) in [6.45, 7) is 2.15. The van der Waals surface area contributed by atoms with Gasteiger partial charge in [0.05, 0.1) is 33.7 Å². The number of thiophene rings is 2. The lowest BCUT2D eigenvalue weighted by molar-refractivity contribution is -0.149. The summed E-state index contributed by atoms with van der Waals surface area (Å²) in [6, 6.07) is 4.16. The molecule has 0 bridgehead atoms. The van der Waals surface area contributed by atoms with Gasteiger partial charge in [-0.15, -0.1) is 29.1 Å². The van der Waals surface area contributed by atoms with Crippen molar-refractivity contribution in [2.75, 3.05) is 14.2 Å². The molecule has 0 unspecified atom stereocenters. The first-order valence-corrected chi connectivity index (χ1v) is 14.9. The second-order valence-corrected chi connectivity index (χ2v) is 12.7. The van der Waals surface area contributed by atoms with E-state index in [2.05, 4.69) is 40.2 Å². The number of ether oxygens (including phenoxy) is 2. The lowest BCUT2D eigenvalue weighted by Crippen LogP contribution is -2.38. The summed E-state index contributed by atoms with van der Waals surface area (Å²) >= 11 is 6.81. The maximum atomic E-state index is 12.2. The smallest absolute Gasteiger partial charge is 0.316 e. The zero-order chi connectivity index (χ0) is 25.5. The Kier molecular flexibility index (Phi) is 10.0. The molecule has 0 N–H and O–H groups in total. The van der Waals surface area contributed by atoms with Crippen molar-refractivity contribution in [3.63, 3.8) is 0 Å². The maximum absolute atomic E-state index is 12.2. The molecule has 4 nitrogen and oxygen atoms in total. The zero-order valence-electron chi connectivity index (χ0n) is 20.9. The fourth-order valence-corrected chi connectivity index (χ4v) is 8.22. The fourth-order valence-electron chi connectivity index (χ4n) is 5.48. The molecular formula is C28H35BrO4S2. The molecule has 190 valence electrons. The van der Waals surface area contributed by atoms with E-state index in [4.69, 9.17) is 15.9 Å². The maximum Gasteiger partial charge on any atom is 0.316 e. The van der Waals surface area contributed by atoms with E-state index in [1.54, 1.807) is 11.3 Å². The molecule has 0 aromatic carbocycles. The Bertz CT molecular complexity index is 1050. The molecule has 0 radical (unpaired) electrons. The van der Waals surface area contributed by atoms with Crippen LogP contribution in [0.15, 0.2) is 21.3 Å². The zero-order valence-corrected chi connectivity index (χ0v) is 24.1. The third-order valence-corrected chi connectivity index (χ3v) is 10.3. The highest BCUT2D eigenvalue weighted by Gasteiger charge is 2.44. The van der Waals surface area contributed by atoms with Crippen molar-refractivity contribution in [1.29, 1.82) is 0 Å². The van der Waals surface area contributed by atoms with Crippen molar-refractivity contribution >= 4 is 50.5 Å². The number of aryl methyl sites for hydroxylation is 1. The number of terminal acetylenes is 1. The highest BCUT2D eigenvalue weighted by molar-refractivity contribution is 9.11. The van der Waals surface area contributed by atoms with Crippen LogP contribution in [-0.2, 0) is 36.3 Å². The first-order chi connectivity index (χ1) is 16.9. The molecular weight excluding hydrogens is 544 g/mol. The molecule has 2 saturated carbocycles. The van der Waals surface area contributed by atoms with E-state index in [-0.39, 0.29) is 17.4 Å². The van der Waals surface area contributed by atoms with Crippen LogP contribution in [0, 0.1) is 12.3 Å². The van der Waals surface area contributed by atoms with Gasteiger partial charge >= 0.3 is 11.9 Å². The number of hydrogen-bond donors (Lipinski definition) is 0. The van der Waals surface area contributed by atoms with Crippen molar-refractivity contribution < 1.29 is 19.1 Å². The van der Waals surface area contributed by atoms with Gasteiger partial charge in [-0.1, -0.05) is 51.4 Å². The molecule has 2 heterocycles. The lowest BCUT2D eigenvalue weighted by Gasteiger charge is -2.34. The summed E-state index contributed by atoms with van der Waals surface area (Å²) in [4.78, 5) is 26.6. The van der Waals surface area contributed by atoms with Crippen molar-refractivity contribution in [3.8, 4) is 12.3 Å². The summed E-state index contributed by atoms with van der Waals surface area (Å²) < 4.78 is 11.1. The molecule has 0 saturated heterocycles. The van der Waals surface area contributed by atoms with Crippen molar-refractivity contribution in [3.05, 3.63) is 42.2 Å². The minimum atomic E-state index is -0.503. The third kappa shape index (κ3) is 5.87. The van der Waals surface area contributed by atoms with Gasteiger partial charge in [-0.3, -0.25) is 9.59 Å². The molecule has 2 fully saturated rings. The largest absolute Gasteiger partial charge is 0.468 e. The first kappa shape index (κ1) is 28.0. The van der Waals surface area contributed by atoms with Crippen LogP contribution in [0.5, 0.6) is 0 Å². The van der Waals surface area contributed by atoms with Crippen molar-refractivity contribution in [2.45, 2.75) is 88.4 Å². The van der Waals surface area contributed by atoms with Gasteiger partial charge in [0.1, 0.15) is 0 Å². The van der Waals surface area contributed by atoms with E-state index in [9.17, 15) is 9.59 Å². The Labute approximate surface area is 225 Å². The van der Waals surface area contributed by atoms with Gasteiger partial charge in [-0.25, -0.2) is 0 Å². The van der Waals surface area contributed by atoms with E-state index in [1.807, 2.05) is 6.07 Å². The summed E-state index contributed by atoms with van der Waals surface area (Å²) in [6.07, 6.45) is 16.9. The van der Waals surface area contributed by atoms with Crippen LogP contribution in [0.4, 0.5) is 0 Å². The highest BCUT2D eigenvalue weighted by atomic mass is 79.9. The van der Waals surface area contributed by atoms with Crippen LogP contribution < -0.4 is 0 Å². The fraction of sp³-hybridized carbons (Fsp3) is 0.571. The van der Waals surface area contributed by atoms with Gasteiger partial charge < -0.3 is 9.47 Å². The summed E-state index contributed by atoms with van der Waals surface area (Å²) in [7, 11) is 2.97. The Hall–Kier alpha value is -1.62. The van der Waals surface area contributed by atoms with E-state index in [0.29, 0.717) is 0 Å². The molecule has 0 aliphatic heterocycles. The van der Waals surface area contributed by atoms with E-state index in [0.717, 1.165) is 72.0 Å². The molecule has 2 aromatic heterocycles. The number of methoxy groups -OCH3 is 2. The number of esters is 2. The third-order valence-electron chi connectivity index (χ3n) is 7.47. The molecule has 2 aliphatic carbocycles. The van der Waals surface area contributed by atoms with Gasteiger partial charge in [0.2, 0.25) is 0 Å². The molecule has 0 atom stereocenters. The predicted molar refractivity (Wildman–Crippen MR) is 147 cm³/mol. The molecule has 2 aliphatic rings. The SMILES string of the molecule is C#Cc1cc(C2(C(=O)OC)CCCCC2)c(Br)s1.CCc1cc(C2(C(=O)OC)CCCCC2)cs1. The Morgan fingerprint density at radius 1 is 0.971 bits per heavy atom. The van der Waals surface area contributed by atoms with E-state index < -0.39 is 5.41 Å². The summed E-state index contributed by atoms with van der Waals surface area (Å²) in [5.41, 5.74) is 1.34. The number of carbonyl (C=O) groups is 2. The second-order valence-electron chi connectivity index (χ2n) is 9.37. The molecule has 0 amide bonds. The predicted octanol–water partition coefficient (Wildman–Crippen LogP) is 7.55. The molecule has 0 spiro atoms. The Morgan fingerprint density at radius 3 is 1.97 bits per heavy atom. The van der Waals surface area contributed by atoms with Gasteiger partial charge in [0.15, 0.2) is 0 Å². The first-order valence-electron chi connectivity index (χ1n) is 12.4. The monoisotopic (exact) mass is 578 g/mol. The van der Waals surface area contributed by atoms with Crippen molar-refractivity contribution in [2.24, 2.45) is 0 Å².